The van der Waals surface area contributed by atoms with Gasteiger partial charge < -0.3 is 10.4 Å². The van der Waals surface area contributed by atoms with Crippen molar-refractivity contribution in [2.24, 2.45) is 5.41 Å². The maximum absolute atomic E-state index is 12.4. The Morgan fingerprint density at radius 2 is 1.70 bits per heavy atom. The van der Waals surface area contributed by atoms with Crippen molar-refractivity contribution in [3.63, 3.8) is 0 Å². The third-order valence-corrected chi connectivity index (χ3v) is 3.04. The monoisotopic (exact) mass is 289 g/mol. The predicted molar refractivity (Wildman–Crippen MR) is 65.0 cm³/mol. The molecule has 0 heterocycles. The molecule has 0 spiro atoms. The molecule has 1 amide bonds. The Labute approximate surface area is 113 Å². The highest BCUT2D eigenvalue weighted by Crippen LogP contribution is 2.30. The van der Waals surface area contributed by atoms with Gasteiger partial charge in [0.25, 0.3) is 0 Å². The molecule has 0 aromatic heterocycles. The molecule has 1 atom stereocenters. The van der Waals surface area contributed by atoms with E-state index in [1.54, 1.807) is 0 Å². The normalized spacial score (nSPS) is 14.4. The Morgan fingerprint density at radius 3 is 2.05 bits per heavy atom. The van der Waals surface area contributed by atoms with Crippen molar-refractivity contribution in [3.8, 4) is 0 Å². The van der Waals surface area contributed by atoms with Crippen LogP contribution in [-0.4, -0.2) is 24.0 Å². The fraction of sp³-hybridized carbons (Fsp3) is 0.385. The van der Waals surface area contributed by atoms with Crippen molar-refractivity contribution < 1.29 is 27.9 Å². The summed E-state index contributed by atoms with van der Waals surface area (Å²) in [7, 11) is 1.30. The molecule has 0 bridgehead atoms. The van der Waals surface area contributed by atoms with Gasteiger partial charge in [-0.25, -0.2) is 0 Å². The molecule has 0 aliphatic rings. The average molecular weight is 289 g/mol. The molecule has 0 saturated carbocycles. The minimum atomic E-state index is -4.45. The van der Waals surface area contributed by atoms with Gasteiger partial charge in [0.05, 0.1) is 5.56 Å². The van der Waals surface area contributed by atoms with Crippen LogP contribution >= 0.6 is 0 Å². The second-order valence-corrected chi connectivity index (χ2v) is 4.59. The van der Waals surface area contributed by atoms with Gasteiger partial charge in [0.1, 0.15) is 5.41 Å². The van der Waals surface area contributed by atoms with Crippen LogP contribution < -0.4 is 5.32 Å². The van der Waals surface area contributed by atoms with Gasteiger partial charge in [0.15, 0.2) is 0 Å². The molecule has 20 heavy (non-hydrogen) atoms. The lowest BCUT2D eigenvalue weighted by Crippen LogP contribution is -2.44. The summed E-state index contributed by atoms with van der Waals surface area (Å²) in [5.41, 5.74) is -2.21. The van der Waals surface area contributed by atoms with Gasteiger partial charge >= 0.3 is 12.1 Å². The van der Waals surface area contributed by atoms with Gasteiger partial charge in [0, 0.05) is 7.05 Å². The lowest BCUT2D eigenvalue weighted by atomic mass is 9.82. The zero-order chi connectivity index (χ0) is 15.6. The molecule has 7 heteroatoms. The maximum Gasteiger partial charge on any atom is 0.416 e. The Balaban J connectivity index is 3.02. The Morgan fingerprint density at radius 1 is 1.20 bits per heavy atom. The van der Waals surface area contributed by atoms with E-state index in [1.807, 2.05) is 0 Å². The number of nitrogens with one attached hydrogen (secondary N) is 1. The second-order valence-electron chi connectivity index (χ2n) is 4.59. The van der Waals surface area contributed by atoms with E-state index in [9.17, 15) is 22.8 Å². The summed E-state index contributed by atoms with van der Waals surface area (Å²) in [5.74, 6) is -2.04. The highest BCUT2D eigenvalue weighted by Gasteiger charge is 2.41. The molecular formula is C13H14F3NO3. The van der Waals surface area contributed by atoms with Gasteiger partial charge in [-0.05, 0) is 31.0 Å². The van der Waals surface area contributed by atoms with E-state index >= 15 is 0 Å². The molecule has 0 saturated heterocycles. The van der Waals surface area contributed by atoms with Crippen molar-refractivity contribution in [3.05, 3.63) is 35.4 Å². The zero-order valence-corrected chi connectivity index (χ0v) is 10.9. The van der Waals surface area contributed by atoms with E-state index in [4.69, 9.17) is 5.11 Å². The lowest BCUT2D eigenvalue weighted by molar-refractivity contribution is -0.154. The van der Waals surface area contributed by atoms with E-state index in [-0.39, 0.29) is 6.42 Å². The number of hydrogen-bond donors (Lipinski definition) is 2. The van der Waals surface area contributed by atoms with Crippen LogP contribution in [0.15, 0.2) is 24.3 Å². The smallest absolute Gasteiger partial charge is 0.416 e. The molecule has 0 aliphatic carbocycles. The molecule has 2 N–H and O–H groups in total. The molecular weight excluding hydrogens is 275 g/mol. The lowest BCUT2D eigenvalue weighted by Gasteiger charge is -2.23. The van der Waals surface area contributed by atoms with E-state index in [0.29, 0.717) is 5.56 Å². The number of amides is 1. The molecule has 0 aliphatic heterocycles. The van der Waals surface area contributed by atoms with Gasteiger partial charge in [-0.3, -0.25) is 9.59 Å². The zero-order valence-electron chi connectivity index (χ0n) is 10.9. The number of carboxylic acids is 1. The van der Waals surface area contributed by atoms with Crippen LogP contribution in [0.3, 0.4) is 0 Å². The third-order valence-electron chi connectivity index (χ3n) is 3.04. The SMILES string of the molecule is CNC(=O)C(C)(Cc1ccc(C(F)(F)F)cc1)C(=O)O. The van der Waals surface area contributed by atoms with Gasteiger partial charge in [-0.1, -0.05) is 12.1 Å². The molecule has 0 fully saturated rings. The number of halogens is 3. The first kappa shape index (κ1) is 16.0. The largest absolute Gasteiger partial charge is 0.480 e. The van der Waals surface area contributed by atoms with E-state index in [0.717, 1.165) is 12.1 Å². The number of alkyl halides is 3. The summed E-state index contributed by atoms with van der Waals surface area (Å²) >= 11 is 0. The quantitative estimate of drug-likeness (QED) is 0.834. The molecule has 1 rings (SSSR count). The predicted octanol–water partition coefficient (Wildman–Crippen LogP) is 2.08. The molecule has 4 nitrogen and oxygen atoms in total. The first-order valence-electron chi connectivity index (χ1n) is 5.73. The van der Waals surface area contributed by atoms with Crippen molar-refractivity contribution >= 4 is 11.9 Å². The minimum absolute atomic E-state index is 0.194. The summed E-state index contributed by atoms with van der Waals surface area (Å²) in [6.07, 6.45) is -4.64. The standard InChI is InChI=1S/C13H14F3NO3/c1-12(11(19)20,10(18)17-2)7-8-3-5-9(6-4-8)13(14,15)16/h3-6H,7H2,1-2H3,(H,17,18)(H,19,20). The third kappa shape index (κ3) is 3.28. The summed E-state index contributed by atoms with van der Waals surface area (Å²) in [5, 5.41) is 11.4. The summed E-state index contributed by atoms with van der Waals surface area (Å²) in [6.45, 7) is 1.23. The van der Waals surface area contributed by atoms with Crippen LogP contribution in [0, 0.1) is 5.41 Å². The van der Waals surface area contributed by atoms with Crippen LogP contribution in [0.2, 0.25) is 0 Å². The first-order chi connectivity index (χ1) is 9.11. The molecule has 1 aromatic carbocycles. The fourth-order valence-electron chi connectivity index (χ4n) is 1.75. The Kier molecular flexibility index (Phi) is 4.42. The molecule has 0 radical (unpaired) electrons. The summed E-state index contributed by atoms with van der Waals surface area (Å²) in [4.78, 5) is 22.8. The van der Waals surface area contributed by atoms with Crippen molar-refractivity contribution in [1.29, 1.82) is 0 Å². The van der Waals surface area contributed by atoms with Crippen LogP contribution in [0.4, 0.5) is 13.2 Å². The first-order valence-corrected chi connectivity index (χ1v) is 5.73. The number of hydrogen-bond acceptors (Lipinski definition) is 2. The van der Waals surface area contributed by atoms with Gasteiger partial charge in [-0.15, -0.1) is 0 Å². The topological polar surface area (TPSA) is 66.4 Å². The number of aliphatic carboxylic acids is 1. The van der Waals surface area contributed by atoms with Crippen molar-refractivity contribution in [2.45, 2.75) is 19.5 Å². The molecule has 1 aromatic rings. The molecule has 1 unspecified atom stereocenters. The van der Waals surface area contributed by atoms with E-state index < -0.39 is 29.0 Å². The average Bonchev–Trinajstić information content (AvgIpc) is 2.36. The Hall–Kier alpha value is -2.05. The molecule has 110 valence electrons. The highest BCUT2D eigenvalue weighted by molar-refractivity contribution is 6.01. The van der Waals surface area contributed by atoms with Crippen LogP contribution in [-0.2, 0) is 22.2 Å². The minimum Gasteiger partial charge on any atom is -0.480 e. The maximum atomic E-state index is 12.4. The van der Waals surface area contributed by atoms with E-state index in [2.05, 4.69) is 5.32 Å². The highest BCUT2D eigenvalue weighted by atomic mass is 19.4. The van der Waals surface area contributed by atoms with E-state index in [1.165, 1.54) is 26.1 Å². The van der Waals surface area contributed by atoms with Crippen LogP contribution in [0.25, 0.3) is 0 Å². The fourth-order valence-corrected chi connectivity index (χ4v) is 1.75. The number of carbonyl (C=O) groups is 2. The summed E-state index contributed by atoms with van der Waals surface area (Å²) in [6, 6.07) is 4.07. The van der Waals surface area contributed by atoms with Crippen molar-refractivity contribution in [1.82, 2.24) is 5.32 Å². The number of carbonyl (C=O) groups excluding carboxylic acids is 1. The van der Waals surface area contributed by atoms with Crippen LogP contribution in [0.1, 0.15) is 18.1 Å². The van der Waals surface area contributed by atoms with Crippen molar-refractivity contribution in [2.75, 3.05) is 7.05 Å². The van der Waals surface area contributed by atoms with Gasteiger partial charge in [-0.2, -0.15) is 13.2 Å². The number of carboxylic acid groups (broad SMARTS) is 1. The second kappa shape index (κ2) is 5.52. The summed E-state index contributed by atoms with van der Waals surface area (Å²) < 4.78 is 37.2. The van der Waals surface area contributed by atoms with Crippen LogP contribution in [0.5, 0.6) is 0 Å². The van der Waals surface area contributed by atoms with Gasteiger partial charge in [0.2, 0.25) is 5.91 Å². The number of benzene rings is 1. The number of rotatable bonds is 4. The Bertz CT molecular complexity index is 511.